The molecular formula is C15H11F2NS. The van der Waals surface area contributed by atoms with Crippen molar-refractivity contribution in [3.63, 3.8) is 0 Å². The van der Waals surface area contributed by atoms with Gasteiger partial charge in [0.2, 0.25) is 0 Å². The van der Waals surface area contributed by atoms with Gasteiger partial charge in [-0.2, -0.15) is 0 Å². The lowest BCUT2D eigenvalue weighted by molar-refractivity contribution is 0.509. The van der Waals surface area contributed by atoms with Gasteiger partial charge in [-0.15, -0.1) is 11.3 Å². The van der Waals surface area contributed by atoms with Gasteiger partial charge in [-0.05, 0) is 34.5 Å². The zero-order valence-electron chi connectivity index (χ0n) is 9.99. The molecule has 0 unspecified atom stereocenters. The molecule has 3 aromatic rings. The molecule has 2 aromatic carbocycles. The summed E-state index contributed by atoms with van der Waals surface area (Å²) in [5.74, 6) is -1.66. The van der Waals surface area contributed by atoms with Crippen LogP contribution in [0.15, 0.2) is 47.8 Å². The summed E-state index contributed by atoms with van der Waals surface area (Å²) >= 11 is 1.68. The number of hydrogen-bond acceptors (Lipinski definition) is 2. The molecule has 1 heterocycles. The second-order valence-corrected chi connectivity index (χ2v) is 5.15. The van der Waals surface area contributed by atoms with Gasteiger partial charge in [-0.1, -0.05) is 18.2 Å². The minimum absolute atomic E-state index is 0.578. The molecule has 96 valence electrons. The summed E-state index contributed by atoms with van der Waals surface area (Å²) in [6, 6.07) is 12.0. The highest BCUT2D eigenvalue weighted by Gasteiger charge is 2.05. The molecule has 0 aliphatic carbocycles. The van der Waals surface area contributed by atoms with E-state index in [1.54, 1.807) is 11.3 Å². The number of anilines is 1. The molecular weight excluding hydrogens is 264 g/mol. The third-order valence-electron chi connectivity index (χ3n) is 2.96. The topological polar surface area (TPSA) is 12.0 Å². The smallest absolute Gasteiger partial charge is 0.160 e. The lowest BCUT2D eigenvalue weighted by Crippen LogP contribution is -1.99. The Morgan fingerprint density at radius 3 is 2.68 bits per heavy atom. The summed E-state index contributed by atoms with van der Waals surface area (Å²) in [5.41, 5.74) is 1.74. The fourth-order valence-corrected chi connectivity index (χ4v) is 2.94. The zero-order valence-corrected chi connectivity index (χ0v) is 10.8. The second kappa shape index (κ2) is 4.97. The number of halogens is 2. The van der Waals surface area contributed by atoms with Gasteiger partial charge >= 0.3 is 0 Å². The quantitative estimate of drug-likeness (QED) is 0.724. The monoisotopic (exact) mass is 275 g/mol. The van der Waals surface area contributed by atoms with Crippen molar-refractivity contribution in [2.24, 2.45) is 0 Å². The normalized spacial score (nSPS) is 10.8. The summed E-state index contributed by atoms with van der Waals surface area (Å²) in [6.45, 7) is 0.592. The van der Waals surface area contributed by atoms with Crippen LogP contribution in [-0.2, 0) is 6.54 Å². The maximum Gasteiger partial charge on any atom is 0.160 e. The molecule has 0 bridgehead atoms. The van der Waals surface area contributed by atoms with Crippen molar-refractivity contribution in [3.8, 4) is 0 Å². The Labute approximate surface area is 113 Å². The maximum atomic E-state index is 13.1. The first-order valence-electron chi connectivity index (χ1n) is 5.88. The van der Waals surface area contributed by atoms with Gasteiger partial charge in [-0.25, -0.2) is 8.78 Å². The average Bonchev–Trinajstić information content (AvgIpc) is 2.83. The van der Waals surface area contributed by atoms with Crippen LogP contribution >= 0.6 is 11.3 Å². The van der Waals surface area contributed by atoms with Crippen molar-refractivity contribution >= 4 is 27.1 Å². The summed E-state index contributed by atoms with van der Waals surface area (Å²) in [5, 5.41) is 6.38. The van der Waals surface area contributed by atoms with Crippen molar-refractivity contribution in [1.29, 1.82) is 0 Å². The Kier molecular flexibility index (Phi) is 3.17. The Balaban J connectivity index is 1.80. The van der Waals surface area contributed by atoms with Crippen molar-refractivity contribution in [3.05, 3.63) is 65.0 Å². The predicted octanol–water partition coefficient (Wildman–Crippen LogP) is 4.79. The van der Waals surface area contributed by atoms with Crippen LogP contribution in [0.1, 0.15) is 5.56 Å². The predicted molar refractivity (Wildman–Crippen MR) is 75.5 cm³/mol. The highest BCUT2D eigenvalue weighted by molar-refractivity contribution is 7.17. The van der Waals surface area contributed by atoms with Crippen molar-refractivity contribution in [2.75, 3.05) is 5.32 Å². The summed E-state index contributed by atoms with van der Waals surface area (Å²) in [6.07, 6.45) is 0. The highest BCUT2D eigenvalue weighted by Crippen LogP contribution is 2.26. The number of fused-ring (bicyclic) bond motifs is 1. The fraction of sp³-hybridized carbons (Fsp3) is 0.0667. The SMILES string of the molecule is Fc1ccc(NCc2csc3ccccc23)cc1F. The Morgan fingerprint density at radius 1 is 1.00 bits per heavy atom. The Bertz CT molecular complexity index is 721. The largest absolute Gasteiger partial charge is 0.381 e. The minimum Gasteiger partial charge on any atom is -0.381 e. The second-order valence-electron chi connectivity index (χ2n) is 4.24. The van der Waals surface area contributed by atoms with Crippen LogP contribution in [0.25, 0.3) is 10.1 Å². The minimum atomic E-state index is -0.833. The molecule has 0 saturated heterocycles. The van der Waals surface area contributed by atoms with Crippen LogP contribution < -0.4 is 5.32 Å². The van der Waals surface area contributed by atoms with Crippen LogP contribution in [-0.4, -0.2) is 0 Å². The fourth-order valence-electron chi connectivity index (χ4n) is 1.97. The van der Waals surface area contributed by atoms with E-state index in [0.29, 0.717) is 12.2 Å². The first-order chi connectivity index (χ1) is 9.24. The van der Waals surface area contributed by atoms with Gasteiger partial charge in [0.05, 0.1) is 0 Å². The van der Waals surface area contributed by atoms with E-state index >= 15 is 0 Å². The molecule has 3 rings (SSSR count). The molecule has 0 spiro atoms. The highest BCUT2D eigenvalue weighted by atomic mass is 32.1. The van der Waals surface area contributed by atoms with Crippen LogP contribution in [0, 0.1) is 11.6 Å². The number of thiophene rings is 1. The summed E-state index contributed by atoms with van der Waals surface area (Å²) in [7, 11) is 0. The first kappa shape index (κ1) is 12.1. The molecule has 19 heavy (non-hydrogen) atoms. The molecule has 0 aliphatic heterocycles. The van der Waals surface area contributed by atoms with Gasteiger partial charge in [0, 0.05) is 23.0 Å². The van der Waals surface area contributed by atoms with Crippen molar-refractivity contribution in [1.82, 2.24) is 0 Å². The van der Waals surface area contributed by atoms with E-state index < -0.39 is 11.6 Å². The Morgan fingerprint density at radius 2 is 1.84 bits per heavy atom. The van der Waals surface area contributed by atoms with Gasteiger partial charge in [-0.3, -0.25) is 0 Å². The van der Waals surface area contributed by atoms with E-state index in [4.69, 9.17) is 0 Å². The zero-order chi connectivity index (χ0) is 13.2. The van der Waals surface area contributed by atoms with Crippen LogP contribution in [0.3, 0.4) is 0 Å². The van der Waals surface area contributed by atoms with Gasteiger partial charge in [0.25, 0.3) is 0 Å². The van der Waals surface area contributed by atoms with Crippen LogP contribution in [0.2, 0.25) is 0 Å². The molecule has 4 heteroatoms. The van der Waals surface area contributed by atoms with Crippen LogP contribution in [0.5, 0.6) is 0 Å². The first-order valence-corrected chi connectivity index (χ1v) is 6.76. The van der Waals surface area contributed by atoms with E-state index in [1.165, 1.54) is 22.2 Å². The number of benzene rings is 2. The van der Waals surface area contributed by atoms with Gasteiger partial charge < -0.3 is 5.32 Å². The van der Waals surface area contributed by atoms with Crippen molar-refractivity contribution in [2.45, 2.75) is 6.54 Å². The molecule has 1 aromatic heterocycles. The van der Waals surface area contributed by atoms with E-state index in [9.17, 15) is 8.78 Å². The lowest BCUT2D eigenvalue weighted by atomic mass is 10.2. The number of hydrogen-bond donors (Lipinski definition) is 1. The molecule has 0 atom stereocenters. The molecule has 1 N–H and O–H groups in total. The van der Waals surface area contributed by atoms with E-state index in [2.05, 4.69) is 22.8 Å². The van der Waals surface area contributed by atoms with E-state index in [0.717, 1.165) is 11.6 Å². The third-order valence-corrected chi connectivity index (χ3v) is 3.98. The van der Waals surface area contributed by atoms with Crippen LogP contribution in [0.4, 0.5) is 14.5 Å². The maximum absolute atomic E-state index is 13.1. The number of rotatable bonds is 3. The molecule has 0 aliphatic rings. The van der Waals surface area contributed by atoms with Gasteiger partial charge in [0.15, 0.2) is 11.6 Å². The van der Waals surface area contributed by atoms with E-state index in [-0.39, 0.29) is 0 Å². The molecule has 0 saturated carbocycles. The van der Waals surface area contributed by atoms with Crippen molar-refractivity contribution < 1.29 is 8.78 Å². The third kappa shape index (κ3) is 2.44. The molecule has 0 amide bonds. The summed E-state index contributed by atoms with van der Waals surface area (Å²) < 4.78 is 27.1. The Hall–Kier alpha value is -1.94. The van der Waals surface area contributed by atoms with Gasteiger partial charge in [0.1, 0.15) is 0 Å². The molecule has 1 nitrogen and oxygen atoms in total. The summed E-state index contributed by atoms with van der Waals surface area (Å²) in [4.78, 5) is 0. The van der Waals surface area contributed by atoms with E-state index in [1.807, 2.05) is 12.1 Å². The number of nitrogens with one attached hydrogen (secondary N) is 1. The molecule has 0 fully saturated rings. The molecule has 0 radical (unpaired) electrons. The average molecular weight is 275 g/mol. The lowest BCUT2D eigenvalue weighted by Gasteiger charge is -2.06. The standard InChI is InChI=1S/C15H11F2NS/c16-13-6-5-11(7-14(13)17)18-8-10-9-19-15-4-2-1-3-12(10)15/h1-7,9,18H,8H2.